The third-order valence-corrected chi connectivity index (χ3v) is 0.396. The summed E-state index contributed by atoms with van der Waals surface area (Å²) >= 11 is 2.89. The van der Waals surface area contributed by atoms with Gasteiger partial charge in [0.2, 0.25) is 0 Å². The lowest BCUT2D eigenvalue weighted by molar-refractivity contribution is 0.883. The Labute approximate surface area is 45.1 Å². The number of hydrogen-bond acceptors (Lipinski definition) is 2. The Bertz CT molecular complexity index is 75.8. The van der Waals surface area contributed by atoms with Crippen molar-refractivity contribution in [3.05, 3.63) is 0 Å². The summed E-state index contributed by atoms with van der Waals surface area (Å²) in [6.45, 7) is 1.58. The van der Waals surface area contributed by atoms with E-state index in [1.807, 2.05) is 0 Å². The third-order valence-electron chi connectivity index (χ3n) is 0.219. The van der Waals surface area contributed by atoms with Crippen LogP contribution < -0.4 is 5.73 Å². The van der Waals surface area contributed by atoms with Crippen LogP contribution in [0.3, 0.4) is 0 Å². The number of rotatable bonds is 0. The van der Waals surface area contributed by atoms with Crippen LogP contribution in [0.25, 0.3) is 0 Å². The van der Waals surface area contributed by atoms with E-state index in [-0.39, 0.29) is 0 Å². The van der Waals surface area contributed by atoms with Crippen LogP contribution in [0.2, 0.25) is 0 Å². The monoisotopic (exact) mass is 148 g/mol. The number of alkyl halides is 1. The zero-order valence-corrected chi connectivity index (χ0v) is 4.99. The van der Waals surface area contributed by atoms with Crippen molar-refractivity contribution in [2.45, 2.75) is 11.4 Å². The van der Waals surface area contributed by atoms with Gasteiger partial charge in [0.05, 0.1) is 6.07 Å². The number of hydrogen-bond donors (Lipinski definition) is 1. The summed E-state index contributed by atoms with van der Waals surface area (Å²) < 4.78 is -0.840. The predicted molar refractivity (Wildman–Crippen MR) is 27.1 cm³/mol. The summed E-state index contributed by atoms with van der Waals surface area (Å²) in [6.07, 6.45) is 0. The van der Waals surface area contributed by atoms with Crippen molar-refractivity contribution in [3.63, 3.8) is 0 Å². The molecule has 1 atom stereocenters. The van der Waals surface area contributed by atoms with Gasteiger partial charge in [0.15, 0.2) is 4.45 Å². The fourth-order valence-electron chi connectivity index (χ4n) is 0. The zero-order valence-electron chi connectivity index (χ0n) is 3.40. The van der Waals surface area contributed by atoms with Crippen molar-refractivity contribution in [1.82, 2.24) is 0 Å². The standard InChI is InChI=1S/C3H5BrN2/c1-3(4,6)2-5/h6H2,1H3/t3-/m1/s1. The molecule has 34 valence electrons. The highest BCUT2D eigenvalue weighted by atomic mass is 79.9. The second-order valence-electron chi connectivity index (χ2n) is 1.19. The first-order chi connectivity index (χ1) is 2.56. The Kier molecular flexibility index (Phi) is 1.57. The summed E-state index contributed by atoms with van der Waals surface area (Å²) in [5.41, 5.74) is 5.09. The van der Waals surface area contributed by atoms with Crippen molar-refractivity contribution in [3.8, 4) is 6.07 Å². The number of nitrogens with zero attached hydrogens (tertiary/aromatic N) is 1. The minimum Gasteiger partial charge on any atom is -0.305 e. The maximum atomic E-state index is 7.98. The Morgan fingerprint density at radius 3 is 2.17 bits per heavy atom. The molecule has 0 saturated carbocycles. The van der Waals surface area contributed by atoms with E-state index in [2.05, 4.69) is 15.9 Å². The van der Waals surface area contributed by atoms with Crippen molar-refractivity contribution in [2.24, 2.45) is 5.73 Å². The molecule has 0 aliphatic carbocycles. The van der Waals surface area contributed by atoms with Crippen molar-refractivity contribution < 1.29 is 0 Å². The lowest BCUT2D eigenvalue weighted by Crippen LogP contribution is -2.24. The molecular weight excluding hydrogens is 144 g/mol. The quantitative estimate of drug-likeness (QED) is 0.404. The van der Waals surface area contributed by atoms with Gasteiger partial charge in [0, 0.05) is 0 Å². The molecular formula is C3H5BrN2. The largest absolute Gasteiger partial charge is 0.305 e. The number of nitriles is 1. The van der Waals surface area contributed by atoms with Crippen LogP contribution >= 0.6 is 15.9 Å². The normalized spacial score (nSPS) is 18.3. The van der Waals surface area contributed by atoms with E-state index in [0.717, 1.165) is 0 Å². The van der Waals surface area contributed by atoms with E-state index in [0.29, 0.717) is 0 Å². The zero-order chi connectivity index (χ0) is 5.21. The van der Waals surface area contributed by atoms with E-state index >= 15 is 0 Å². The molecule has 0 aliphatic rings. The molecule has 0 spiro atoms. The number of halogens is 1. The lowest BCUT2D eigenvalue weighted by Gasteiger charge is -1.99. The molecule has 2 nitrogen and oxygen atoms in total. The van der Waals surface area contributed by atoms with Gasteiger partial charge in [-0.2, -0.15) is 5.26 Å². The molecule has 0 aromatic carbocycles. The van der Waals surface area contributed by atoms with Crippen molar-refractivity contribution in [1.29, 1.82) is 5.26 Å². The maximum Gasteiger partial charge on any atom is 0.156 e. The van der Waals surface area contributed by atoms with E-state index in [9.17, 15) is 0 Å². The maximum absolute atomic E-state index is 7.98. The minimum absolute atomic E-state index is 0.840. The van der Waals surface area contributed by atoms with Crippen LogP contribution in [-0.4, -0.2) is 4.45 Å². The van der Waals surface area contributed by atoms with Crippen LogP contribution in [0.1, 0.15) is 6.92 Å². The molecule has 0 fully saturated rings. The fraction of sp³-hybridized carbons (Fsp3) is 0.667. The fourth-order valence-corrected chi connectivity index (χ4v) is 0. The van der Waals surface area contributed by atoms with Crippen LogP contribution in [0, 0.1) is 11.3 Å². The van der Waals surface area contributed by atoms with E-state index in [4.69, 9.17) is 11.0 Å². The van der Waals surface area contributed by atoms with Gasteiger partial charge in [-0.25, -0.2) is 0 Å². The van der Waals surface area contributed by atoms with Gasteiger partial charge >= 0.3 is 0 Å². The summed E-state index contributed by atoms with van der Waals surface area (Å²) in [7, 11) is 0. The van der Waals surface area contributed by atoms with E-state index < -0.39 is 4.45 Å². The number of nitrogens with two attached hydrogens (primary N) is 1. The Hall–Kier alpha value is -0.0700. The predicted octanol–water partition coefficient (Wildman–Crippen LogP) is 0.580. The average molecular weight is 149 g/mol. The van der Waals surface area contributed by atoms with Crippen LogP contribution in [0.15, 0.2) is 0 Å². The van der Waals surface area contributed by atoms with Gasteiger partial charge in [0.25, 0.3) is 0 Å². The third kappa shape index (κ3) is 3.93. The van der Waals surface area contributed by atoms with Crippen LogP contribution in [0.5, 0.6) is 0 Å². The smallest absolute Gasteiger partial charge is 0.156 e. The molecule has 0 unspecified atom stereocenters. The van der Waals surface area contributed by atoms with Gasteiger partial charge in [-0.3, -0.25) is 0 Å². The van der Waals surface area contributed by atoms with Crippen molar-refractivity contribution >= 4 is 15.9 Å². The summed E-state index contributed by atoms with van der Waals surface area (Å²) in [6, 6.07) is 1.80. The average Bonchev–Trinajstić information content (AvgIpc) is 1.35. The molecule has 2 N–H and O–H groups in total. The lowest BCUT2D eigenvalue weighted by atomic mass is 10.4. The van der Waals surface area contributed by atoms with Crippen molar-refractivity contribution in [2.75, 3.05) is 0 Å². The summed E-state index contributed by atoms with van der Waals surface area (Å²) in [5, 5.41) is 7.98. The van der Waals surface area contributed by atoms with Gasteiger partial charge in [0.1, 0.15) is 0 Å². The van der Waals surface area contributed by atoms with Crippen LogP contribution in [-0.2, 0) is 0 Å². The Balaban J connectivity index is 3.55. The second kappa shape index (κ2) is 1.59. The molecule has 0 saturated heterocycles. The van der Waals surface area contributed by atoms with E-state index in [1.165, 1.54) is 0 Å². The van der Waals surface area contributed by atoms with Gasteiger partial charge in [-0.15, -0.1) is 0 Å². The molecule has 0 aromatic rings. The molecule has 0 amide bonds. The Morgan fingerprint density at radius 1 is 2.00 bits per heavy atom. The molecule has 0 bridgehead atoms. The highest BCUT2D eigenvalue weighted by Crippen LogP contribution is 2.03. The first-order valence-corrected chi connectivity index (χ1v) is 2.24. The SMILES string of the molecule is C[C@](N)(Br)C#N. The summed E-state index contributed by atoms with van der Waals surface area (Å²) in [5.74, 6) is 0. The first kappa shape index (κ1) is 5.93. The van der Waals surface area contributed by atoms with E-state index in [1.54, 1.807) is 13.0 Å². The topological polar surface area (TPSA) is 49.8 Å². The molecule has 6 heavy (non-hydrogen) atoms. The molecule has 0 heterocycles. The van der Waals surface area contributed by atoms with Gasteiger partial charge in [-0.05, 0) is 6.92 Å². The molecule has 0 rings (SSSR count). The van der Waals surface area contributed by atoms with Crippen LogP contribution in [0.4, 0.5) is 0 Å². The molecule has 0 aliphatic heterocycles. The molecule has 0 aromatic heterocycles. The summed E-state index contributed by atoms with van der Waals surface area (Å²) in [4.78, 5) is 0. The molecule has 3 heteroatoms. The van der Waals surface area contributed by atoms with Gasteiger partial charge < -0.3 is 5.73 Å². The first-order valence-electron chi connectivity index (χ1n) is 1.45. The highest BCUT2D eigenvalue weighted by Gasteiger charge is 2.07. The Morgan fingerprint density at radius 2 is 2.17 bits per heavy atom. The van der Waals surface area contributed by atoms with Gasteiger partial charge in [-0.1, -0.05) is 15.9 Å². The minimum atomic E-state index is -0.840. The molecule has 0 radical (unpaired) electrons. The highest BCUT2D eigenvalue weighted by molar-refractivity contribution is 9.10. The second-order valence-corrected chi connectivity index (χ2v) is 2.83.